The van der Waals surface area contributed by atoms with E-state index >= 15 is 0 Å². The number of rotatable bonds is 3. The van der Waals surface area contributed by atoms with Crippen LogP contribution < -0.4 is 0 Å². The minimum Gasteiger partial charge on any atom is -0.454 e. The predicted molar refractivity (Wildman–Crippen MR) is 62.7 cm³/mol. The van der Waals surface area contributed by atoms with Crippen molar-refractivity contribution in [2.24, 2.45) is 0 Å². The lowest BCUT2D eigenvalue weighted by Gasteiger charge is -2.20. The number of hydrogen-bond acceptors (Lipinski definition) is 3. The fraction of sp³-hybridized carbons (Fsp3) is 0.750. The first-order valence-electron chi connectivity index (χ1n) is 5.89. The molecule has 0 spiro atoms. The van der Waals surface area contributed by atoms with E-state index in [9.17, 15) is 4.79 Å². The molecule has 0 unspecified atom stereocenters. The number of carbonyl (C=O) groups is 1. The quantitative estimate of drug-likeness (QED) is 0.691. The lowest BCUT2D eigenvalue weighted by molar-refractivity contribution is -0.138. The Bertz CT molecular complexity index is 267. The topological polar surface area (TPSA) is 26.3 Å². The molecule has 0 amide bonds. The zero-order valence-corrected chi connectivity index (χ0v) is 10.0. The van der Waals surface area contributed by atoms with E-state index in [-0.39, 0.29) is 12.1 Å². The normalized spacial score (nSPS) is 27.7. The summed E-state index contributed by atoms with van der Waals surface area (Å²) in [6, 6.07) is 0. The third-order valence-corrected chi connectivity index (χ3v) is 4.41. The third kappa shape index (κ3) is 2.77. The van der Waals surface area contributed by atoms with Gasteiger partial charge in [0, 0.05) is 5.25 Å². The third-order valence-electron chi connectivity index (χ3n) is 3.05. The Balaban J connectivity index is 1.90. The Labute approximate surface area is 95.5 Å². The number of cyclic esters (lactones) is 1. The average Bonchev–Trinajstić information content (AvgIpc) is 2.61. The maximum absolute atomic E-state index is 11.5. The first-order chi connectivity index (χ1) is 7.29. The highest BCUT2D eigenvalue weighted by molar-refractivity contribution is 8.04. The SMILES string of the molecule is CC[C@H]1C=C(SC2CCCCC2)C(=O)O1. The molecule has 0 aromatic carbocycles. The van der Waals surface area contributed by atoms with Crippen molar-refractivity contribution < 1.29 is 9.53 Å². The van der Waals surface area contributed by atoms with Crippen molar-refractivity contribution in [2.45, 2.75) is 56.8 Å². The summed E-state index contributed by atoms with van der Waals surface area (Å²) >= 11 is 1.74. The van der Waals surface area contributed by atoms with Crippen LogP contribution in [-0.2, 0) is 9.53 Å². The Kier molecular flexibility index (Phi) is 3.73. The van der Waals surface area contributed by atoms with Crippen LogP contribution in [0.4, 0.5) is 0 Å². The van der Waals surface area contributed by atoms with Crippen LogP contribution in [0.5, 0.6) is 0 Å². The summed E-state index contributed by atoms with van der Waals surface area (Å²) in [4.78, 5) is 12.4. The molecule has 1 heterocycles. The summed E-state index contributed by atoms with van der Waals surface area (Å²) in [5, 5.41) is 0.646. The minimum atomic E-state index is -0.0996. The van der Waals surface area contributed by atoms with Crippen LogP contribution in [0.15, 0.2) is 11.0 Å². The van der Waals surface area contributed by atoms with Gasteiger partial charge in [0.1, 0.15) is 6.10 Å². The fourth-order valence-electron chi connectivity index (χ4n) is 2.12. The van der Waals surface area contributed by atoms with Crippen molar-refractivity contribution in [2.75, 3.05) is 0 Å². The van der Waals surface area contributed by atoms with Crippen molar-refractivity contribution in [1.82, 2.24) is 0 Å². The van der Waals surface area contributed by atoms with E-state index in [2.05, 4.69) is 0 Å². The molecule has 15 heavy (non-hydrogen) atoms. The largest absolute Gasteiger partial charge is 0.454 e. The van der Waals surface area contributed by atoms with Gasteiger partial charge in [0.05, 0.1) is 4.91 Å². The number of hydrogen-bond donors (Lipinski definition) is 0. The van der Waals surface area contributed by atoms with E-state index in [1.54, 1.807) is 11.8 Å². The van der Waals surface area contributed by atoms with E-state index in [4.69, 9.17) is 4.74 Å². The van der Waals surface area contributed by atoms with E-state index in [1.165, 1.54) is 32.1 Å². The number of ether oxygens (including phenoxy) is 1. The Morgan fingerprint density at radius 3 is 2.73 bits per heavy atom. The standard InChI is InChI=1S/C12H18O2S/c1-2-9-8-11(12(13)14-9)15-10-6-4-3-5-7-10/h8-10H,2-7H2,1H3/t9-/m0/s1. The highest BCUT2D eigenvalue weighted by Crippen LogP contribution is 2.36. The molecule has 0 aromatic heterocycles. The molecular formula is C12H18O2S. The molecule has 1 aliphatic heterocycles. The second-order valence-corrected chi connectivity index (χ2v) is 5.60. The monoisotopic (exact) mass is 226 g/mol. The molecule has 2 nitrogen and oxygen atoms in total. The summed E-state index contributed by atoms with van der Waals surface area (Å²) in [5.41, 5.74) is 0. The van der Waals surface area contributed by atoms with Crippen LogP contribution in [0.3, 0.4) is 0 Å². The second-order valence-electron chi connectivity index (χ2n) is 4.26. The Hall–Kier alpha value is -0.440. The molecule has 0 radical (unpaired) electrons. The lowest BCUT2D eigenvalue weighted by Crippen LogP contribution is -2.10. The highest BCUT2D eigenvalue weighted by Gasteiger charge is 2.27. The molecule has 2 rings (SSSR count). The van der Waals surface area contributed by atoms with Crippen molar-refractivity contribution in [1.29, 1.82) is 0 Å². The smallest absolute Gasteiger partial charge is 0.345 e. The van der Waals surface area contributed by atoms with Gasteiger partial charge in [-0.1, -0.05) is 26.2 Å². The van der Waals surface area contributed by atoms with E-state index in [1.807, 2.05) is 13.0 Å². The summed E-state index contributed by atoms with van der Waals surface area (Å²) < 4.78 is 5.21. The summed E-state index contributed by atoms with van der Waals surface area (Å²) in [6.07, 6.45) is 9.43. The molecule has 0 saturated heterocycles. The van der Waals surface area contributed by atoms with E-state index < -0.39 is 0 Å². The molecule has 0 bridgehead atoms. The van der Waals surface area contributed by atoms with Gasteiger partial charge in [0.2, 0.25) is 0 Å². The molecule has 0 aromatic rings. The molecule has 2 aliphatic rings. The zero-order valence-electron chi connectivity index (χ0n) is 9.20. The Morgan fingerprint density at radius 2 is 2.13 bits per heavy atom. The van der Waals surface area contributed by atoms with Gasteiger partial charge in [-0.2, -0.15) is 0 Å². The maximum atomic E-state index is 11.5. The second kappa shape index (κ2) is 5.06. The van der Waals surface area contributed by atoms with Gasteiger partial charge < -0.3 is 4.74 Å². The van der Waals surface area contributed by atoms with Crippen LogP contribution in [0.1, 0.15) is 45.4 Å². The summed E-state index contributed by atoms with van der Waals surface area (Å²) in [7, 11) is 0. The molecule has 1 aliphatic carbocycles. The van der Waals surface area contributed by atoms with Crippen LogP contribution in [0, 0.1) is 0 Å². The lowest BCUT2D eigenvalue weighted by atomic mass is 10.0. The van der Waals surface area contributed by atoms with Gasteiger partial charge in [0.25, 0.3) is 0 Å². The van der Waals surface area contributed by atoms with Gasteiger partial charge in [-0.05, 0) is 25.3 Å². The van der Waals surface area contributed by atoms with Crippen molar-refractivity contribution in [3.8, 4) is 0 Å². The van der Waals surface area contributed by atoms with Crippen LogP contribution >= 0.6 is 11.8 Å². The van der Waals surface area contributed by atoms with E-state index in [0.717, 1.165) is 11.3 Å². The van der Waals surface area contributed by atoms with Crippen molar-refractivity contribution in [3.63, 3.8) is 0 Å². The number of carbonyl (C=O) groups excluding carboxylic acids is 1. The van der Waals surface area contributed by atoms with Crippen LogP contribution in [-0.4, -0.2) is 17.3 Å². The molecule has 0 N–H and O–H groups in total. The first-order valence-corrected chi connectivity index (χ1v) is 6.77. The Morgan fingerprint density at radius 1 is 1.40 bits per heavy atom. The van der Waals surface area contributed by atoms with Gasteiger partial charge in [0.15, 0.2) is 0 Å². The molecule has 1 saturated carbocycles. The van der Waals surface area contributed by atoms with Crippen LogP contribution in [0.2, 0.25) is 0 Å². The molecule has 1 fully saturated rings. The van der Waals surface area contributed by atoms with Crippen LogP contribution in [0.25, 0.3) is 0 Å². The first kappa shape index (κ1) is 11.1. The van der Waals surface area contributed by atoms with Crippen molar-refractivity contribution >= 4 is 17.7 Å². The predicted octanol–water partition coefficient (Wildman–Crippen LogP) is 3.27. The molecular weight excluding hydrogens is 208 g/mol. The summed E-state index contributed by atoms with van der Waals surface area (Å²) in [5.74, 6) is -0.0996. The van der Waals surface area contributed by atoms with E-state index in [0.29, 0.717) is 5.25 Å². The number of thioether (sulfide) groups is 1. The number of esters is 1. The zero-order chi connectivity index (χ0) is 10.7. The van der Waals surface area contributed by atoms with Crippen molar-refractivity contribution in [3.05, 3.63) is 11.0 Å². The van der Waals surface area contributed by atoms with Gasteiger partial charge in [-0.3, -0.25) is 0 Å². The average molecular weight is 226 g/mol. The van der Waals surface area contributed by atoms with Gasteiger partial charge in [-0.15, -0.1) is 11.8 Å². The summed E-state index contributed by atoms with van der Waals surface area (Å²) in [6.45, 7) is 2.04. The van der Waals surface area contributed by atoms with Gasteiger partial charge in [-0.25, -0.2) is 4.79 Å². The molecule has 3 heteroatoms. The minimum absolute atomic E-state index is 0.0311. The van der Waals surface area contributed by atoms with Gasteiger partial charge >= 0.3 is 5.97 Å². The maximum Gasteiger partial charge on any atom is 0.345 e. The fourth-order valence-corrected chi connectivity index (χ4v) is 3.42. The molecule has 1 atom stereocenters. The molecule has 84 valence electrons. The highest BCUT2D eigenvalue weighted by atomic mass is 32.2.